The Labute approximate surface area is 216 Å². The highest BCUT2D eigenvalue weighted by atomic mass is 32.2. The van der Waals surface area contributed by atoms with Crippen molar-refractivity contribution < 1.29 is 18.0 Å². The number of hydrogen-bond donors (Lipinski definition) is 1. The summed E-state index contributed by atoms with van der Waals surface area (Å²) in [5.74, 6) is -0.0326. The van der Waals surface area contributed by atoms with E-state index in [-0.39, 0.29) is 24.8 Å². The molecule has 36 heavy (non-hydrogen) atoms. The molecule has 0 radical (unpaired) electrons. The second kappa shape index (κ2) is 14.0. The number of rotatable bonds is 14. The van der Waals surface area contributed by atoms with Crippen molar-refractivity contribution in [2.24, 2.45) is 5.92 Å². The minimum Gasteiger partial charge on any atom is -0.354 e. The van der Waals surface area contributed by atoms with Gasteiger partial charge in [-0.05, 0) is 55.4 Å². The Hall–Kier alpha value is -2.87. The third-order valence-corrected chi connectivity index (χ3v) is 7.31. The summed E-state index contributed by atoms with van der Waals surface area (Å²) >= 11 is 0. The summed E-state index contributed by atoms with van der Waals surface area (Å²) in [5, 5.41) is 2.92. The van der Waals surface area contributed by atoms with Gasteiger partial charge >= 0.3 is 0 Å². The van der Waals surface area contributed by atoms with E-state index in [0.29, 0.717) is 37.5 Å². The van der Waals surface area contributed by atoms with Crippen LogP contribution in [0, 0.1) is 5.92 Å². The van der Waals surface area contributed by atoms with Crippen LogP contribution in [0.3, 0.4) is 0 Å². The van der Waals surface area contributed by atoms with E-state index in [1.807, 2.05) is 63.2 Å². The molecule has 0 saturated carbocycles. The van der Waals surface area contributed by atoms with Crippen LogP contribution in [0.25, 0.3) is 0 Å². The molecular formula is C28H41N3O4S. The summed E-state index contributed by atoms with van der Waals surface area (Å²) in [4.78, 5) is 27.7. The van der Waals surface area contributed by atoms with E-state index in [0.717, 1.165) is 17.5 Å². The lowest BCUT2D eigenvalue weighted by Crippen LogP contribution is -2.49. The molecule has 198 valence electrons. The van der Waals surface area contributed by atoms with Crippen molar-refractivity contribution in [1.29, 1.82) is 0 Å². The van der Waals surface area contributed by atoms with Gasteiger partial charge in [-0.3, -0.25) is 13.9 Å². The molecule has 2 amide bonds. The van der Waals surface area contributed by atoms with Crippen LogP contribution in [-0.2, 0) is 32.5 Å². The zero-order chi connectivity index (χ0) is 26.7. The van der Waals surface area contributed by atoms with E-state index < -0.39 is 16.1 Å². The number of sulfonamides is 1. The van der Waals surface area contributed by atoms with E-state index in [1.54, 1.807) is 24.0 Å². The average Bonchev–Trinajstić information content (AvgIpc) is 2.85. The Balaban J connectivity index is 2.09. The molecule has 0 aliphatic heterocycles. The quantitative estimate of drug-likeness (QED) is 0.412. The molecule has 2 aromatic carbocycles. The first-order valence-electron chi connectivity index (χ1n) is 12.7. The third-order valence-electron chi connectivity index (χ3n) is 6.12. The van der Waals surface area contributed by atoms with Crippen LogP contribution in [0.5, 0.6) is 0 Å². The fraction of sp³-hybridized carbons (Fsp3) is 0.500. The highest BCUT2D eigenvalue weighted by Gasteiger charge is 2.26. The topological polar surface area (TPSA) is 86.8 Å². The zero-order valence-electron chi connectivity index (χ0n) is 22.2. The van der Waals surface area contributed by atoms with Gasteiger partial charge in [0.1, 0.15) is 6.04 Å². The molecular weight excluding hydrogens is 474 g/mol. The lowest BCUT2D eigenvalue weighted by molar-refractivity contribution is -0.140. The van der Waals surface area contributed by atoms with Crippen molar-refractivity contribution in [3.8, 4) is 0 Å². The standard InChI is InChI=1S/C28H41N3O4S/c1-6-24-14-16-26(17-15-24)31(36(5,34)35)19-10-13-27(32)30(20-18-25-11-8-7-9-12-25)23(4)28(33)29-21-22(2)3/h7-9,11-12,14-17,22-23H,6,10,13,18-21H2,1-5H3,(H,29,33)/t23-/m0/s1. The van der Waals surface area contributed by atoms with Gasteiger partial charge in [0.2, 0.25) is 21.8 Å². The summed E-state index contributed by atoms with van der Waals surface area (Å²) in [6.07, 6.45) is 3.18. The van der Waals surface area contributed by atoms with Crippen molar-refractivity contribution in [1.82, 2.24) is 10.2 Å². The van der Waals surface area contributed by atoms with Crippen LogP contribution in [0.4, 0.5) is 5.69 Å². The number of hydrogen-bond acceptors (Lipinski definition) is 4. The van der Waals surface area contributed by atoms with Gasteiger partial charge in [-0.25, -0.2) is 8.42 Å². The molecule has 0 aromatic heterocycles. The molecule has 1 atom stereocenters. The van der Waals surface area contributed by atoms with E-state index in [4.69, 9.17) is 0 Å². The largest absolute Gasteiger partial charge is 0.354 e. The average molecular weight is 516 g/mol. The van der Waals surface area contributed by atoms with Crippen molar-refractivity contribution in [2.45, 2.75) is 59.4 Å². The van der Waals surface area contributed by atoms with Gasteiger partial charge in [0, 0.05) is 26.1 Å². The predicted molar refractivity (Wildman–Crippen MR) is 146 cm³/mol. The number of aryl methyl sites for hydroxylation is 1. The van der Waals surface area contributed by atoms with Crippen molar-refractivity contribution in [3.63, 3.8) is 0 Å². The molecule has 0 saturated heterocycles. The lowest BCUT2D eigenvalue weighted by Gasteiger charge is -2.29. The van der Waals surface area contributed by atoms with Crippen LogP contribution in [-0.4, -0.2) is 57.1 Å². The van der Waals surface area contributed by atoms with Gasteiger partial charge in [-0.2, -0.15) is 0 Å². The molecule has 0 aliphatic rings. The highest BCUT2D eigenvalue weighted by Crippen LogP contribution is 2.20. The molecule has 0 spiro atoms. The second-order valence-corrected chi connectivity index (χ2v) is 11.5. The van der Waals surface area contributed by atoms with Gasteiger partial charge in [-0.15, -0.1) is 0 Å². The second-order valence-electron chi connectivity index (χ2n) is 9.60. The smallest absolute Gasteiger partial charge is 0.242 e. The van der Waals surface area contributed by atoms with Crippen LogP contribution >= 0.6 is 0 Å². The molecule has 0 bridgehead atoms. The molecule has 7 nitrogen and oxygen atoms in total. The molecule has 1 N–H and O–H groups in total. The van der Waals surface area contributed by atoms with Crippen molar-refractivity contribution in [2.75, 3.05) is 30.2 Å². The van der Waals surface area contributed by atoms with E-state index in [2.05, 4.69) is 5.32 Å². The predicted octanol–water partition coefficient (Wildman–Crippen LogP) is 4.03. The number of benzene rings is 2. The monoisotopic (exact) mass is 515 g/mol. The number of nitrogens with zero attached hydrogens (tertiary/aromatic N) is 2. The van der Waals surface area contributed by atoms with Gasteiger partial charge in [0.25, 0.3) is 0 Å². The summed E-state index contributed by atoms with van der Waals surface area (Å²) in [6, 6.07) is 16.7. The SMILES string of the molecule is CCc1ccc(N(CCCC(=O)N(CCc2ccccc2)[C@@H](C)C(=O)NCC(C)C)S(C)(=O)=O)cc1. The first kappa shape index (κ1) is 29.4. The Morgan fingerprint density at radius 1 is 0.917 bits per heavy atom. The zero-order valence-corrected chi connectivity index (χ0v) is 23.1. The van der Waals surface area contributed by atoms with Crippen LogP contribution in [0.15, 0.2) is 54.6 Å². The summed E-state index contributed by atoms with van der Waals surface area (Å²) < 4.78 is 26.3. The van der Waals surface area contributed by atoms with Crippen molar-refractivity contribution >= 4 is 27.5 Å². The van der Waals surface area contributed by atoms with Gasteiger partial charge in [0.15, 0.2) is 0 Å². The van der Waals surface area contributed by atoms with E-state index in [1.165, 1.54) is 10.6 Å². The van der Waals surface area contributed by atoms with Crippen LogP contribution in [0.1, 0.15) is 51.7 Å². The molecule has 0 aliphatic carbocycles. The van der Waals surface area contributed by atoms with E-state index in [9.17, 15) is 18.0 Å². The minimum atomic E-state index is -3.50. The van der Waals surface area contributed by atoms with Crippen LogP contribution in [0.2, 0.25) is 0 Å². The maximum Gasteiger partial charge on any atom is 0.242 e. The normalized spacial score (nSPS) is 12.3. The first-order chi connectivity index (χ1) is 17.0. The first-order valence-corrected chi connectivity index (χ1v) is 14.6. The highest BCUT2D eigenvalue weighted by molar-refractivity contribution is 7.92. The van der Waals surface area contributed by atoms with Gasteiger partial charge in [0.05, 0.1) is 11.9 Å². The van der Waals surface area contributed by atoms with Gasteiger partial charge < -0.3 is 10.2 Å². The molecule has 0 unspecified atom stereocenters. The molecule has 0 heterocycles. The number of amides is 2. The molecule has 2 aromatic rings. The fourth-order valence-corrected chi connectivity index (χ4v) is 4.89. The summed E-state index contributed by atoms with van der Waals surface area (Å²) in [7, 11) is -3.50. The number of nitrogens with one attached hydrogen (secondary N) is 1. The maximum atomic E-state index is 13.3. The lowest BCUT2D eigenvalue weighted by atomic mass is 10.1. The van der Waals surface area contributed by atoms with E-state index >= 15 is 0 Å². The maximum absolute atomic E-state index is 13.3. The Morgan fingerprint density at radius 2 is 1.56 bits per heavy atom. The van der Waals surface area contributed by atoms with Crippen LogP contribution < -0.4 is 9.62 Å². The van der Waals surface area contributed by atoms with Crippen molar-refractivity contribution in [3.05, 3.63) is 65.7 Å². The minimum absolute atomic E-state index is 0.148. The Morgan fingerprint density at radius 3 is 2.11 bits per heavy atom. The third kappa shape index (κ3) is 9.30. The molecule has 2 rings (SSSR count). The summed E-state index contributed by atoms with van der Waals surface area (Å²) in [6.45, 7) is 8.98. The van der Waals surface area contributed by atoms with Gasteiger partial charge in [-0.1, -0.05) is 63.2 Å². The summed E-state index contributed by atoms with van der Waals surface area (Å²) in [5.41, 5.74) is 2.80. The number of carbonyl (C=O) groups excluding carboxylic acids is 2. The number of anilines is 1. The number of carbonyl (C=O) groups is 2. The Bertz CT molecular complexity index is 1070. The fourth-order valence-electron chi connectivity index (χ4n) is 3.92. The molecule has 8 heteroatoms. The Kier molecular flexibility index (Phi) is 11.4. The molecule has 0 fully saturated rings.